The highest BCUT2D eigenvalue weighted by atomic mass is 16.7. The minimum atomic E-state index is -1.91. The maximum Gasteiger partial charge on any atom is 0.341 e. The first-order valence-corrected chi connectivity index (χ1v) is 8.17. The lowest BCUT2D eigenvalue weighted by molar-refractivity contribution is -0.278. The van der Waals surface area contributed by atoms with Crippen LogP contribution < -0.4 is 0 Å². The molecule has 1 aliphatic heterocycles. The van der Waals surface area contributed by atoms with Crippen molar-refractivity contribution in [2.75, 3.05) is 6.61 Å². The van der Waals surface area contributed by atoms with Crippen LogP contribution in [0.25, 0.3) is 0 Å². The molecule has 1 saturated heterocycles. The molecule has 1 aromatic carbocycles. The fourth-order valence-electron chi connectivity index (χ4n) is 2.43. The molecule has 1 aromatic rings. The monoisotopic (exact) mass is 384 g/mol. The van der Waals surface area contributed by atoms with Gasteiger partial charge in [-0.05, 0) is 18.6 Å². The van der Waals surface area contributed by atoms with E-state index < -0.39 is 48.6 Å². The molecule has 0 amide bonds. The van der Waals surface area contributed by atoms with Gasteiger partial charge in [0, 0.05) is 0 Å². The Balaban J connectivity index is 2.19. The summed E-state index contributed by atoms with van der Waals surface area (Å²) in [5.74, 6) is -3.47. The number of rotatable bonds is 6. The Hall–Kier alpha value is -2.53. The van der Waals surface area contributed by atoms with Crippen molar-refractivity contribution < 1.29 is 49.0 Å². The minimum absolute atomic E-state index is 0.0865. The summed E-state index contributed by atoms with van der Waals surface area (Å²) in [6.07, 6.45) is -8.91. The summed E-state index contributed by atoms with van der Waals surface area (Å²) < 4.78 is 14.8. The standard InChI is InChI=1S/C17H20O10/c1-2-7-25-15(23)8-5-3-4-6-9(8)16(24)27-17-12(20)10(18)11(19)13(26-17)14(21)22/h3-6,10-13,17-20H,2,7H2,1H3,(H,21,22)/t10?,11-,12?,13-,17-/m0/s1. The fraction of sp³-hybridized carbons (Fsp3) is 0.471. The Morgan fingerprint density at radius 1 is 1.00 bits per heavy atom. The van der Waals surface area contributed by atoms with Crippen LogP contribution in [0.3, 0.4) is 0 Å². The molecule has 0 aromatic heterocycles. The predicted molar refractivity (Wildman–Crippen MR) is 86.7 cm³/mol. The van der Waals surface area contributed by atoms with E-state index in [1.165, 1.54) is 24.3 Å². The number of hydrogen-bond donors (Lipinski definition) is 4. The molecule has 0 saturated carbocycles. The van der Waals surface area contributed by atoms with Crippen molar-refractivity contribution in [2.45, 2.75) is 44.1 Å². The third kappa shape index (κ3) is 4.61. The lowest BCUT2D eigenvalue weighted by Crippen LogP contribution is -2.60. The maximum atomic E-state index is 12.4. The second-order valence-corrected chi connectivity index (χ2v) is 5.82. The van der Waals surface area contributed by atoms with Crippen LogP contribution in [0.15, 0.2) is 24.3 Å². The quantitative estimate of drug-likeness (QED) is 0.462. The van der Waals surface area contributed by atoms with Gasteiger partial charge in [0.25, 0.3) is 0 Å². The van der Waals surface area contributed by atoms with E-state index in [1.54, 1.807) is 6.92 Å². The first-order chi connectivity index (χ1) is 12.8. The Bertz CT molecular complexity index is 703. The van der Waals surface area contributed by atoms with E-state index in [0.29, 0.717) is 6.42 Å². The normalized spacial score (nSPS) is 27.6. The molecule has 10 nitrogen and oxygen atoms in total. The molecule has 1 aliphatic rings. The van der Waals surface area contributed by atoms with Gasteiger partial charge in [-0.3, -0.25) is 0 Å². The highest BCUT2D eigenvalue weighted by molar-refractivity contribution is 6.03. The van der Waals surface area contributed by atoms with Crippen molar-refractivity contribution in [2.24, 2.45) is 0 Å². The van der Waals surface area contributed by atoms with E-state index in [9.17, 15) is 29.7 Å². The second-order valence-electron chi connectivity index (χ2n) is 5.82. The molecule has 5 atom stereocenters. The third-order valence-electron chi connectivity index (χ3n) is 3.84. The number of hydrogen-bond acceptors (Lipinski definition) is 9. The average molecular weight is 384 g/mol. The van der Waals surface area contributed by atoms with Crippen LogP contribution in [-0.4, -0.2) is 75.6 Å². The number of carbonyl (C=O) groups excluding carboxylic acids is 2. The summed E-state index contributed by atoms with van der Waals surface area (Å²) in [6.45, 7) is 1.95. The van der Waals surface area contributed by atoms with Crippen molar-refractivity contribution in [1.29, 1.82) is 0 Å². The van der Waals surface area contributed by atoms with Crippen LogP contribution in [0.1, 0.15) is 34.1 Å². The Morgan fingerprint density at radius 2 is 1.59 bits per heavy atom. The Labute approximate surface area is 153 Å². The third-order valence-corrected chi connectivity index (χ3v) is 3.84. The first kappa shape index (κ1) is 20.8. The summed E-state index contributed by atoms with van der Waals surface area (Å²) in [5, 5.41) is 38.3. The highest BCUT2D eigenvalue weighted by Gasteiger charge is 2.48. The van der Waals surface area contributed by atoms with Gasteiger partial charge >= 0.3 is 17.9 Å². The predicted octanol–water partition coefficient (Wildman–Crippen LogP) is -0.698. The molecule has 1 heterocycles. The van der Waals surface area contributed by atoms with E-state index in [0.717, 1.165) is 0 Å². The minimum Gasteiger partial charge on any atom is -0.479 e. The molecule has 148 valence electrons. The van der Waals surface area contributed by atoms with Gasteiger partial charge in [0.1, 0.15) is 18.3 Å². The van der Waals surface area contributed by atoms with E-state index >= 15 is 0 Å². The molecule has 0 aliphatic carbocycles. The van der Waals surface area contributed by atoms with E-state index in [1.807, 2.05) is 0 Å². The molecular weight excluding hydrogens is 364 g/mol. The van der Waals surface area contributed by atoms with Gasteiger partial charge in [-0.15, -0.1) is 0 Å². The summed E-state index contributed by atoms with van der Waals surface area (Å²) in [4.78, 5) is 35.6. The number of benzene rings is 1. The van der Waals surface area contributed by atoms with Crippen LogP contribution >= 0.6 is 0 Å². The topological polar surface area (TPSA) is 160 Å². The average Bonchev–Trinajstić information content (AvgIpc) is 2.66. The van der Waals surface area contributed by atoms with Crippen molar-refractivity contribution in [3.8, 4) is 0 Å². The zero-order valence-corrected chi connectivity index (χ0v) is 14.3. The highest BCUT2D eigenvalue weighted by Crippen LogP contribution is 2.24. The number of carbonyl (C=O) groups is 3. The number of ether oxygens (including phenoxy) is 3. The van der Waals surface area contributed by atoms with Gasteiger partial charge in [-0.1, -0.05) is 19.1 Å². The summed E-state index contributed by atoms with van der Waals surface area (Å²) in [6, 6.07) is 5.58. The van der Waals surface area contributed by atoms with E-state index in [-0.39, 0.29) is 17.7 Å². The van der Waals surface area contributed by atoms with Gasteiger partial charge in [-0.2, -0.15) is 0 Å². The molecule has 0 radical (unpaired) electrons. The summed E-state index contributed by atoms with van der Waals surface area (Å²) >= 11 is 0. The lowest BCUT2D eigenvalue weighted by Gasteiger charge is -2.37. The first-order valence-electron chi connectivity index (χ1n) is 8.17. The molecule has 1 fully saturated rings. The van der Waals surface area contributed by atoms with Crippen LogP contribution in [0, 0.1) is 0 Å². The van der Waals surface area contributed by atoms with Gasteiger partial charge in [-0.25, -0.2) is 14.4 Å². The largest absolute Gasteiger partial charge is 0.479 e. The summed E-state index contributed by atoms with van der Waals surface area (Å²) in [5.41, 5.74) is -0.279. The molecule has 2 unspecified atom stereocenters. The zero-order chi connectivity index (χ0) is 20.1. The summed E-state index contributed by atoms with van der Waals surface area (Å²) in [7, 11) is 0. The fourth-order valence-corrected chi connectivity index (χ4v) is 2.43. The van der Waals surface area contributed by atoms with Crippen LogP contribution in [0.2, 0.25) is 0 Å². The van der Waals surface area contributed by atoms with Gasteiger partial charge < -0.3 is 34.6 Å². The Morgan fingerprint density at radius 3 is 2.15 bits per heavy atom. The molecular formula is C17H20O10. The number of aliphatic hydroxyl groups is 3. The van der Waals surface area contributed by atoms with Crippen LogP contribution in [0.4, 0.5) is 0 Å². The molecule has 4 N–H and O–H groups in total. The Kier molecular flexibility index (Phi) is 6.86. The van der Waals surface area contributed by atoms with Crippen LogP contribution in [0.5, 0.6) is 0 Å². The molecule has 2 rings (SSSR count). The van der Waals surface area contributed by atoms with Crippen molar-refractivity contribution in [3.63, 3.8) is 0 Å². The lowest BCUT2D eigenvalue weighted by atomic mass is 9.99. The maximum absolute atomic E-state index is 12.4. The smallest absolute Gasteiger partial charge is 0.341 e. The van der Waals surface area contributed by atoms with Gasteiger partial charge in [0.05, 0.1) is 17.7 Å². The van der Waals surface area contributed by atoms with Crippen molar-refractivity contribution in [1.82, 2.24) is 0 Å². The van der Waals surface area contributed by atoms with Gasteiger partial charge in [0.15, 0.2) is 6.10 Å². The molecule has 27 heavy (non-hydrogen) atoms. The number of carboxylic acid groups (broad SMARTS) is 1. The zero-order valence-electron chi connectivity index (χ0n) is 14.3. The van der Waals surface area contributed by atoms with Crippen molar-refractivity contribution >= 4 is 17.9 Å². The molecule has 0 bridgehead atoms. The van der Waals surface area contributed by atoms with E-state index in [4.69, 9.17) is 19.3 Å². The molecule has 0 spiro atoms. The van der Waals surface area contributed by atoms with Crippen molar-refractivity contribution in [3.05, 3.63) is 35.4 Å². The second kappa shape index (κ2) is 8.91. The number of esters is 2. The number of carboxylic acids is 1. The van der Waals surface area contributed by atoms with Gasteiger partial charge in [0.2, 0.25) is 6.29 Å². The van der Waals surface area contributed by atoms with Crippen LogP contribution in [-0.2, 0) is 19.0 Å². The SMILES string of the molecule is CCCOC(=O)c1ccccc1C(=O)O[C@@H]1O[C@H](C(=O)O)[C@@H](O)C(O)C1O. The van der Waals surface area contributed by atoms with E-state index in [2.05, 4.69) is 0 Å². The number of aliphatic carboxylic acids is 1. The number of aliphatic hydroxyl groups excluding tert-OH is 3. The molecule has 10 heteroatoms.